The Morgan fingerprint density at radius 3 is 2.45 bits per heavy atom. The van der Waals surface area contributed by atoms with Gasteiger partial charge in [-0.2, -0.15) is 19.6 Å². The van der Waals surface area contributed by atoms with Crippen LogP contribution in [0.3, 0.4) is 0 Å². The lowest BCUT2D eigenvalue weighted by Gasteiger charge is -2.33. The molecule has 10 heteroatoms. The van der Waals surface area contributed by atoms with Crippen LogP contribution >= 0.6 is 22.9 Å². The van der Waals surface area contributed by atoms with Crippen molar-refractivity contribution < 1.29 is 8.78 Å². The Morgan fingerprint density at radius 2 is 1.81 bits per heavy atom. The Balaban J connectivity index is 1.71. The van der Waals surface area contributed by atoms with E-state index in [2.05, 4.69) is 31.9 Å². The van der Waals surface area contributed by atoms with Gasteiger partial charge in [0.25, 0.3) is 5.78 Å². The number of nitrogens with zero attached hydrogens (tertiary/aromatic N) is 6. The van der Waals surface area contributed by atoms with E-state index in [-0.39, 0.29) is 22.1 Å². The molecule has 0 bridgehead atoms. The van der Waals surface area contributed by atoms with Crippen LogP contribution in [0.15, 0.2) is 23.8 Å². The van der Waals surface area contributed by atoms with Crippen LogP contribution in [0.4, 0.5) is 14.6 Å². The molecule has 160 valence electrons. The van der Waals surface area contributed by atoms with Crippen LogP contribution < -0.4 is 4.90 Å². The summed E-state index contributed by atoms with van der Waals surface area (Å²) < 4.78 is 32.3. The highest BCUT2D eigenvalue weighted by atomic mass is 35.5. The van der Waals surface area contributed by atoms with Gasteiger partial charge in [-0.25, -0.2) is 13.8 Å². The minimum Gasteiger partial charge on any atom is -0.356 e. The van der Waals surface area contributed by atoms with Crippen molar-refractivity contribution in [2.24, 2.45) is 5.92 Å². The highest BCUT2D eigenvalue weighted by molar-refractivity contribution is 7.13. The lowest BCUT2D eigenvalue weighted by atomic mass is 9.98. The maximum atomic E-state index is 15.4. The number of hydrogen-bond acceptors (Lipinski definition) is 6. The van der Waals surface area contributed by atoms with E-state index in [1.165, 1.54) is 34.3 Å². The molecular formula is C21H19ClF2N6S. The van der Waals surface area contributed by atoms with Crippen LogP contribution in [0.1, 0.15) is 25.5 Å². The third-order valence-electron chi connectivity index (χ3n) is 5.60. The number of rotatable bonds is 3. The van der Waals surface area contributed by atoms with Crippen molar-refractivity contribution in [2.75, 3.05) is 18.0 Å². The Morgan fingerprint density at radius 1 is 1.10 bits per heavy atom. The van der Waals surface area contributed by atoms with E-state index < -0.39 is 11.6 Å². The van der Waals surface area contributed by atoms with Gasteiger partial charge in [0, 0.05) is 29.7 Å². The first-order valence-corrected chi connectivity index (χ1v) is 11.2. The summed E-state index contributed by atoms with van der Waals surface area (Å²) in [6, 6.07) is 2.58. The molecule has 0 N–H and O–H groups in total. The Bertz CT molecular complexity index is 1260. The summed E-state index contributed by atoms with van der Waals surface area (Å²) in [5.74, 6) is -0.0684. The normalized spacial score (nSPS) is 15.2. The highest BCUT2D eigenvalue weighted by Crippen LogP contribution is 2.41. The summed E-state index contributed by atoms with van der Waals surface area (Å²) in [7, 11) is 0. The van der Waals surface area contributed by atoms with Gasteiger partial charge in [0.2, 0.25) is 0 Å². The topological polar surface area (TPSA) is 59.2 Å². The van der Waals surface area contributed by atoms with Crippen molar-refractivity contribution in [1.29, 1.82) is 0 Å². The molecule has 31 heavy (non-hydrogen) atoms. The zero-order valence-electron chi connectivity index (χ0n) is 16.9. The van der Waals surface area contributed by atoms with E-state index in [1.807, 2.05) is 12.3 Å². The van der Waals surface area contributed by atoms with Crippen LogP contribution in [0.25, 0.3) is 27.5 Å². The third-order valence-corrected chi connectivity index (χ3v) is 6.88. The molecule has 0 saturated carbocycles. The number of benzene rings is 1. The molecule has 0 atom stereocenters. The maximum absolute atomic E-state index is 15.4. The van der Waals surface area contributed by atoms with Crippen molar-refractivity contribution in [3.8, 4) is 21.7 Å². The molecule has 1 aliphatic rings. The van der Waals surface area contributed by atoms with E-state index in [9.17, 15) is 0 Å². The van der Waals surface area contributed by atoms with Gasteiger partial charge in [0.15, 0.2) is 0 Å². The number of halogens is 3. The van der Waals surface area contributed by atoms with E-state index in [0.717, 1.165) is 31.6 Å². The minimum absolute atomic E-state index is 0.00948. The number of anilines is 1. The van der Waals surface area contributed by atoms with Gasteiger partial charge in [0.05, 0.1) is 11.1 Å². The molecule has 0 spiro atoms. The molecule has 0 unspecified atom stereocenters. The predicted octanol–water partition coefficient (Wildman–Crippen LogP) is 5.39. The zero-order valence-corrected chi connectivity index (χ0v) is 18.5. The number of thiazole rings is 1. The highest BCUT2D eigenvalue weighted by Gasteiger charge is 2.29. The average Bonchev–Trinajstić information content (AvgIpc) is 3.37. The molecule has 6 nitrogen and oxygen atoms in total. The van der Waals surface area contributed by atoms with Crippen LogP contribution in [0, 0.1) is 24.5 Å². The first kappa shape index (κ1) is 20.3. The summed E-state index contributed by atoms with van der Waals surface area (Å²) in [6.45, 7) is 5.49. The van der Waals surface area contributed by atoms with Gasteiger partial charge < -0.3 is 4.90 Å². The van der Waals surface area contributed by atoms with E-state index in [4.69, 9.17) is 11.6 Å². The SMILES string of the molecule is Cc1csc(-c2cc(F)c(-c3c(Cl)nc4ncnn4c3N3CCC(C)CC3)c(F)c2)n1. The molecule has 3 aromatic heterocycles. The monoisotopic (exact) mass is 460 g/mol. The van der Waals surface area contributed by atoms with Crippen LogP contribution in [0.2, 0.25) is 5.15 Å². The fourth-order valence-electron chi connectivity index (χ4n) is 3.95. The summed E-state index contributed by atoms with van der Waals surface area (Å²) in [6.07, 6.45) is 3.28. The molecule has 1 saturated heterocycles. The molecule has 4 heterocycles. The summed E-state index contributed by atoms with van der Waals surface area (Å²) >= 11 is 7.83. The van der Waals surface area contributed by atoms with Gasteiger partial charge >= 0.3 is 0 Å². The molecule has 0 radical (unpaired) electrons. The number of hydrogen-bond donors (Lipinski definition) is 0. The second kappa shape index (κ2) is 7.80. The molecule has 1 fully saturated rings. The maximum Gasteiger partial charge on any atom is 0.255 e. The number of aromatic nitrogens is 5. The molecule has 4 aromatic rings. The van der Waals surface area contributed by atoms with Crippen LogP contribution in [-0.4, -0.2) is 37.7 Å². The standard InChI is InChI=1S/C21H19ClF2N6S/c1-11-3-5-29(6-4-11)20-17(18(22)28-21-25-10-26-30(20)21)16-14(23)7-13(8-15(16)24)19-27-12(2)9-31-19/h7-11H,3-6H2,1-2H3. The lowest BCUT2D eigenvalue weighted by Crippen LogP contribution is -2.35. The fourth-order valence-corrected chi connectivity index (χ4v) is 4.99. The Kier molecular flexibility index (Phi) is 5.10. The molecule has 0 amide bonds. The second-order valence-corrected chi connectivity index (χ2v) is 9.07. The van der Waals surface area contributed by atoms with Gasteiger partial charge in [-0.3, -0.25) is 0 Å². The quantitative estimate of drug-likeness (QED) is 0.383. The number of fused-ring (bicyclic) bond motifs is 1. The summed E-state index contributed by atoms with van der Waals surface area (Å²) in [5, 5.41) is 6.65. The molecule has 1 aliphatic heterocycles. The predicted molar refractivity (Wildman–Crippen MR) is 118 cm³/mol. The van der Waals surface area contributed by atoms with E-state index >= 15 is 8.78 Å². The van der Waals surface area contributed by atoms with Crippen molar-refractivity contribution in [2.45, 2.75) is 26.7 Å². The smallest absolute Gasteiger partial charge is 0.255 e. The van der Waals surface area contributed by atoms with E-state index in [1.54, 1.807) is 0 Å². The first-order valence-electron chi connectivity index (χ1n) is 9.98. The zero-order chi connectivity index (χ0) is 21.7. The van der Waals surface area contributed by atoms with Crippen molar-refractivity contribution in [1.82, 2.24) is 24.6 Å². The molecule has 5 rings (SSSR count). The van der Waals surface area contributed by atoms with Crippen molar-refractivity contribution in [3.05, 3.63) is 46.3 Å². The van der Waals surface area contributed by atoms with Gasteiger partial charge in [-0.15, -0.1) is 11.3 Å². The van der Waals surface area contributed by atoms with Gasteiger partial charge in [-0.1, -0.05) is 18.5 Å². The van der Waals surface area contributed by atoms with E-state index in [0.29, 0.717) is 22.3 Å². The number of aryl methyl sites for hydroxylation is 1. The Labute approximate surface area is 186 Å². The Hall–Kier alpha value is -2.65. The van der Waals surface area contributed by atoms with Crippen LogP contribution in [0.5, 0.6) is 0 Å². The molecule has 1 aromatic carbocycles. The minimum atomic E-state index is -0.724. The average molecular weight is 461 g/mol. The summed E-state index contributed by atoms with van der Waals surface area (Å²) in [5.41, 5.74) is 1.15. The molecule has 0 aliphatic carbocycles. The van der Waals surface area contributed by atoms with Crippen molar-refractivity contribution >= 4 is 34.5 Å². The summed E-state index contributed by atoms with van der Waals surface area (Å²) in [4.78, 5) is 14.7. The van der Waals surface area contributed by atoms with Gasteiger partial charge in [0.1, 0.15) is 33.9 Å². The van der Waals surface area contributed by atoms with Crippen LogP contribution in [-0.2, 0) is 0 Å². The molecular weight excluding hydrogens is 442 g/mol. The third kappa shape index (κ3) is 3.55. The van der Waals surface area contributed by atoms with Gasteiger partial charge in [-0.05, 0) is 37.8 Å². The second-order valence-electron chi connectivity index (χ2n) is 7.85. The fraction of sp³-hybridized carbons (Fsp3) is 0.333. The largest absolute Gasteiger partial charge is 0.356 e. The van der Waals surface area contributed by atoms with Crippen molar-refractivity contribution in [3.63, 3.8) is 0 Å². The lowest BCUT2D eigenvalue weighted by molar-refractivity contribution is 0.435. The first-order chi connectivity index (χ1) is 14.9. The number of piperidine rings is 1.